The predicted octanol–water partition coefficient (Wildman–Crippen LogP) is 1.49. The summed E-state index contributed by atoms with van der Waals surface area (Å²) < 4.78 is 2.10. The molecule has 0 unspecified atom stereocenters. The van der Waals surface area contributed by atoms with E-state index in [2.05, 4.69) is 22.9 Å². The van der Waals surface area contributed by atoms with Gasteiger partial charge in [0.05, 0.1) is 6.10 Å². The van der Waals surface area contributed by atoms with Gasteiger partial charge in [-0.3, -0.25) is 0 Å². The summed E-state index contributed by atoms with van der Waals surface area (Å²) in [7, 11) is 2.03. The summed E-state index contributed by atoms with van der Waals surface area (Å²) in [4.78, 5) is 0. The van der Waals surface area contributed by atoms with E-state index in [0.717, 1.165) is 5.56 Å². The maximum Gasteiger partial charge on any atom is 0.0582 e. The Morgan fingerprint density at radius 1 is 1.38 bits per heavy atom. The number of nitrogens with two attached hydrogens (primary N) is 1. The maximum absolute atomic E-state index is 9.44. The van der Waals surface area contributed by atoms with Gasteiger partial charge in [0.15, 0.2) is 0 Å². The molecule has 0 atom stereocenters. The second-order valence-corrected chi connectivity index (χ2v) is 4.89. The maximum atomic E-state index is 9.44. The summed E-state index contributed by atoms with van der Waals surface area (Å²) in [6.45, 7) is 0. The van der Waals surface area contributed by atoms with Crippen LogP contribution in [0.4, 0.5) is 0 Å². The van der Waals surface area contributed by atoms with E-state index in [1.165, 1.54) is 10.9 Å². The van der Waals surface area contributed by atoms with Crippen molar-refractivity contribution in [2.45, 2.75) is 24.5 Å². The minimum Gasteiger partial charge on any atom is -0.393 e. The van der Waals surface area contributed by atoms with Gasteiger partial charge in [0, 0.05) is 29.7 Å². The molecule has 1 heterocycles. The molecule has 2 aromatic rings. The summed E-state index contributed by atoms with van der Waals surface area (Å²) in [5.74, 6) is 0. The van der Waals surface area contributed by atoms with Gasteiger partial charge in [0.25, 0.3) is 0 Å². The number of benzene rings is 1. The normalized spacial score (nSPS) is 29.3. The topological polar surface area (TPSA) is 51.2 Å². The molecule has 0 spiro atoms. The molecule has 84 valence electrons. The van der Waals surface area contributed by atoms with Crippen molar-refractivity contribution in [3.63, 3.8) is 0 Å². The van der Waals surface area contributed by atoms with Crippen molar-refractivity contribution in [3.8, 4) is 0 Å². The smallest absolute Gasteiger partial charge is 0.0582 e. The first-order valence-electron chi connectivity index (χ1n) is 5.62. The molecule has 3 N–H and O–H groups in total. The molecule has 3 rings (SSSR count). The third kappa shape index (κ3) is 1.22. The monoisotopic (exact) mass is 216 g/mol. The van der Waals surface area contributed by atoms with Gasteiger partial charge in [-0.05, 0) is 24.5 Å². The Kier molecular flexibility index (Phi) is 1.91. The highest BCUT2D eigenvalue weighted by Gasteiger charge is 2.42. The highest BCUT2D eigenvalue weighted by molar-refractivity contribution is 5.85. The summed E-state index contributed by atoms with van der Waals surface area (Å²) in [6.07, 6.45) is 3.20. The summed E-state index contributed by atoms with van der Waals surface area (Å²) in [5, 5.41) is 10.6. The van der Waals surface area contributed by atoms with Gasteiger partial charge in [0.2, 0.25) is 0 Å². The number of hydrogen-bond donors (Lipinski definition) is 2. The number of aliphatic hydroxyl groups is 1. The first kappa shape index (κ1) is 9.87. The molecule has 1 aromatic heterocycles. The predicted molar refractivity (Wildman–Crippen MR) is 64.0 cm³/mol. The Hall–Kier alpha value is -1.32. The molecule has 0 radical (unpaired) electrons. The van der Waals surface area contributed by atoms with Crippen LogP contribution >= 0.6 is 0 Å². The average Bonchev–Trinajstić information content (AvgIpc) is 2.55. The zero-order chi connectivity index (χ0) is 11.3. The quantitative estimate of drug-likeness (QED) is 0.758. The molecule has 0 aliphatic heterocycles. The Balaban J connectivity index is 2.18. The van der Waals surface area contributed by atoms with Crippen LogP contribution in [0.25, 0.3) is 10.9 Å². The third-order valence-electron chi connectivity index (χ3n) is 3.63. The van der Waals surface area contributed by atoms with Crippen LogP contribution in [0.1, 0.15) is 18.4 Å². The summed E-state index contributed by atoms with van der Waals surface area (Å²) >= 11 is 0. The summed E-state index contributed by atoms with van der Waals surface area (Å²) in [6, 6.07) is 8.26. The van der Waals surface area contributed by atoms with Crippen molar-refractivity contribution >= 4 is 10.9 Å². The molecule has 3 nitrogen and oxygen atoms in total. The van der Waals surface area contributed by atoms with Gasteiger partial charge in [0.1, 0.15) is 0 Å². The van der Waals surface area contributed by atoms with E-state index in [1.807, 2.05) is 19.2 Å². The molecular weight excluding hydrogens is 200 g/mol. The molecule has 0 bridgehead atoms. The second kappa shape index (κ2) is 3.09. The minimum atomic E-state index is -0.333. The van der Waals surface area contributed by atoms with E-state index in [4.69, 9.17) is 5.73 Å². The van der Waals surface area contributed by atoms with E-state index in [1.54, 1.807) is 0 Å². The fourth-order valence-electron chi connectivity index (χ4n) is 2.74. The van der Waals surface area contributed by atoms with Crippen molar-refractivity contribution in [3.05, 3.63) is 36.0 Å². The third-order valence-corrected chi connectivity index (χ3v) is 3.63. The van der Waals surface area contributed by atoms with E-state index >= 15 is 0 Å². The van der Waals surface area contributed by atoms with Gasteiger partial charge in [-0.25, -0.2) is 0 Å². The first-order chi connectivity index (χ1) is 7.60. The Morgan fingerprint density at radius 2 is 2.06 bits per heavy atom. The van der Waals surface area contributed by atoms with Gasteiger partial charge in [-0.15, -0.1) is 0 Å². The second-order valence-electron chi connectivity index (χ2n) is 4.89. The van der Waals surface area contributed by atoms with Crippen LogP contribution in [-0.2, 0) is 12.6 Å². The van der Waals surface area contributed by atoms with Crippen LogP contribution in [0.15, 0.2) is 30.5 Å². The lowest BCUT2D eigenvalue weighted by atomic mass is 9.70. The van der Waals surface area contributed by atoms with Crippen LogP contribution in [0.3, 0.4) is 0 Å². The van der Waals surface area contributed by atoms with E-state index in [9.17, 15) is 5.11 Å². The molecule has 1 aliphatic rings. The van der Waals surface area contributed by atoms with Crippen LogP contribution in [0.5, 0.6) is 0 Å². The van der Waals surface area contributed by atoms with Gasteiger partial charge in [-0.1, -0.05) is 18.2 Å². The number of hydrogen-bond acceptors (Lipinski definition) is 2. The van der Waals surface area contributed by atoms with E-state index in [0.29, 0.717) is 12.8 Å². The van der Waals surface area contributed by atoms with Crippen molar-refractivity contribution < 1.29 is 5.11 Å². The number of para-hydroxylation sites is 1. The van der Waals surface area contributed by atoms with Gasteiger partial charge in [-0.2, -0.15) is 0 Å². The van der Waals surface area contributed by atoms with Crippen LogP contribution in [0.2, 0.25) is 0 Å². The largest absolute Gasteiger partial charge is 0.393 e. The first-order valence-corrected chi connectivity index (χ1v) is 5.62. The molecule has 0 saturated heterocycles. The van der Waals surface area contributed by atoms with Gasteiger partial charge < -0.3 is 15.4 Å². The number of aryl methyl sites for hydroxylation is 1. The zero-order valence-electron chi connectivity index (χ0n) is 9.35. The highest BCUT2D eigenvalue weighted by atomic mass is 16.3. The number of fused-ring (bicyclic) bond motifs is 1. The number of aliphatic hydroxyl groups excluding tert-OH is 1. The molecule has 0 amide bonds. The number of aromatic nitrogens is 1. The van der Waals surface area contributed by atoms with Gasteiger partial charge >= 0.3 is 0 Å². The molecule has 1 aliphatic carbocycles. The van der Waals surface area contributed by atoms with Crippen LogP contribution in [0, 0.1) is 0 Å². The minimum absolute atomic E-state index is 0.232. The fourth-order valence-corrected chi connectivity index (χ4v) is 2.74. The molecular formula is C13H16N2O. The summed E-state index contributed by atoms with van der Waals surface area (Å²) in [5.41, 5.74) is 8.35. The fraction of sp³-hybridized carbons (Fsp3) is 0.385. The van der Waals surface area contributed by atoms with Crippen molar-refractivity contribution in [2.75, 3.05) is 0 Å². The molecule has 16 heavy (non-hydrogen) atoms. The molecule has 1 fully saturated rings. The lowest BCUT2D eigenvalue weighted by Gasteiger charge is -2.42. The lowest BCUT2D eigenvalue weighted by Crippen LogP contribution is -2.51. The van der Waals surface area contributed by atoms with Crippen LogP contribution in [-0.4, -0.2) is 15.8 Å². The Bertz CT molecular complexity index is 538. The molecule has 3 heteroatoms. The van der Waals surface area contributed by atoms with Crippen molar-refractivity contribution in [1.82, 2.24) is 4.57 Å². The van der Waals surface area contributed by atoms with Crippen LogP contribution < -0.4 is 5.73 Å². The SMILES string of the molecule is Cn1cc(C2(N)CC(O)C2)c2ccccc21. The number of rotatable bonds is 1. The number of nitrogens with zero attached hydrogens (tertiary/aromatic N) is 1. The van der Waals surface area contributed by atoms with E-state index in [-0.39, 0.29) is 11.6 Å². The molecule has 1 aromatic carbocycles. The lowest BCUT2D eigenvalue weighted by molar-refractivity contribution is 0.0216. The zero-order valence-corrected chi connectivity index (χ0v) is 9.35. The van der Waals surface area contributed by atoms with Crippen molar-refractivity contribution in [2.24, 2.45) is 12.8 Å². The standard InChI is InChI=1S/C13H16N2O/c1-15-8-11(13(14)6-9(16)7-13)10-4-2-3-5-12(10)15/h2-5,8-9,16H,6-7,14H2,1H3. The Labute approximate surface area is 94.5 Å². The Morgan fingerprint density at radius 3 is 2.75 bits per heavy atom. The van der Waals surface area contributed by atoms with Crippen molar-refractivity contribution in [1.29, 1.82) is 0 Å². The highest BCUT2D eigenvalue weighted by Crippen LogP contribution is 2.42. The van der Waals surface area contributed by atoms with E-state index < -0.39 is 0 Å². The molecule has 1 saturated carbocycles. The average molecular weight is 216 g/mol.